The monoisotopic (exact) mass is 446 g/mol. The van der Waals surface area contributed by atoms with E-state index in [0.29, 0.717) is 6.42 Å². The first-order valence-electron chi connectivity index (χ1n) is 10.5. The minimum Gasteiger partial charge on any atom is -0.497 e. The summed E-state index contributed by atoms with van der Waals surface area (Å²) in [6.07, 6.45) is 3.35. The van der Waals surface area contributed by atoms with E-state index in [1.807, 2.05) is 24.3 Å². The van der Waals surface area contributed by atoms with Crippen molar-refractivity contribution >= 4 is 17.9 Å². The molecule has 0 fully saturated rings. The van der Waals surface area contributed by atoms with Crippen molar-refractivity contribution in [2.45, 2.75) is 64.6 Å². The first kappa shape index (κ1) is 25.1. The molecule has 1 aliphatic rings. The van der Waals surface area contributed by atoms with Crippen molar-refractivity contribution < 1.29 is 38.1 Å². The highest BCUT2D eigenvalue weighted by molar-refractivity contribution is 5.83. The van der Waals surface area contributed by atoms with Gasteiger partial charge in [-0.25, -0.2) is 9.59 Å². The number of cyclic esters (lactones) is 3. The lowest BCUT2D eigenvalue weighted by atomic mass is 10.2. The minimum absolute atomic E-state index is 0.0999. The maximum Gasteiger partial charge on any atom is 0.330 e. The van der Waals surface area contributed by atoms with E-state index in [0.717, 1.165) is 11.3 Å². The number of benzene rings is 1. The van der Waals surface area contributed by atoms with Crippen LogP contribution in [0.15, 0.2) is 48.6 Å². The molecule has 1 aromatic rings. The fourth-order valence-corrected chi connectivity index (χ4v) is 2.91. The first-order valence-corrected chi connectivity index (χ1v) is 10.5. The highest BCUT2D eigenvalue weighted by Crippen LogP contribution is 2.16. The van der Waals surface area contributed by atoms with Crippen LogP contribution >= 0.6 is 0 Å². The van der Waals surface area contributed by atoms with Gasteiger partial charge in [-0.15, -0.1) is 0 Å². The van der Waals surface area contributed by atoms with Gasteiger partial charge < -0.3 is 23.7 Å². The number of hydrogen-bond acceptors (Lipinski definition) is 8. The molecule has 1 aromatic carbocycles. The summed E-state index contributed by atoms with van der Waals surface area (Å²) in [5, 5.41) is 0. The second-order valence-electron chi connectivity index (χ2n) is 7.51. The standard InChI is InChI=1S/C24H30O8/c1-16-6-5-7-22(25)31-17(2)14-24(27)32-18(3)21(12-13-23(26)30-16)29-15-19-8-10-20(28-4)11-9-19/h5,7-13,16-18,21H,6,14-15H2,1-4H3/b7-5+,13-12+/t16-,17-,18-,21+/m0/s1. The Balaban J connectivity index is 2.13. The van der Waals surface area contributed by atoms with E-state index in [1.165, 1.54) is 18.2 Å². The summed E-state index contributed by atoms with van der Waals surface area (Å²) in [5.74, 6) is -0.964. The molecule has 0 N–H and O–H groups in total. The summed E-state index contributed by atoms with van der Waals surface area (Å²) in [5.41, 5.74) is 0.883. The molecular formula is C24H30O8. The van der Waals surface area contributed by atoms with Crippen molar-refractivity contribution in [3.63, 3.8) is 0 Å². The Labute approximate surface area is 188 Å². The normalized spacial score (nSPS) is 27.6. The molecule has 0 aromatic heterocycles. The van der Waals surface area contributed by atoms with E-state index in [4.69, 9.17) is 23.7 Å². The van der Waals surface area contributed by atoms with Crippen LogP contribution in [0, 0.1) is 0 Å². The first-order chi connectivity index (χ1) is 15.3. The Bertz CT molecular complexity index is 827. The van der Waals surface area contributed by atoms with Gasteiger partial charge in [-0.3, -0.25) is 4.79 Å². The maximum absolute atomic E-state index is 12.3. The van der Waals surface area contributed by atoms with Gasteiger partial charge in [0.2, 0.25) is 0 Å². The smallest absolute Gasteiger partial charge is 0.330 e. The molecule has 0 spiro atoms. The Morgan fingerprint density at radius 1 is 0.906 bits per heavy atom. The zero-order valence-electron chi connectivity index (χ0n) is 18.8. The molecule has 1 aliphatic heterocycles. The molecule has 0 radical (unpaired) electrons. The Morgan fingerprint density at radius 2 is 1.56 bits per heavy atom. The van der Waals surface area contributed by atoms with Gasteiger partial charge in [0.05, 0.1) is 20.1 Å². The number of hydrogen-bond donors (Lipinski definition) is 0. The molecule has 8 nitrogen and oxygen atoms in total. The number of rotatable bonds is 4. The number of methoxy groups -OCH3 is 1. The van der Waals surface area contributed by atoms with Crippen LogP contribution in [0.2, 0.25) is 0 Å². The lowest BCUT2D eigenvalue weighted by Crippen LogP contribution is -2.31. The third-order valence-corrected chi connectivity index (χ3v) is 4.61. The fourth-order valence-electron chi connectivity index (χ4n) is 2.91. The fraction of sp³-hybridized carbons (Fsp3) is 0.458. The minimum atomic E-state index is -0.699. The summed E-state index contributed by atoms with van der Waals surface area (Å²) in [7, 11) is 1.59. The molecule has 4 atom stereocenters. The average molecular weight is 446 g/mol. The Morgan fingerprint density at radius 3 is 2.25 bits per heavy atom. The van der Waals surface area contributed by atoms with Crippen molar-refractivity contribution in [3.05, 3.63) is 54.1 Å². The number of esters is 3. The molecule has 32 heavy (non-hydrogen) atoms. The Kier molecular flexibility index (Phi) is 9.94. The molecule has 0 unspecified atom stereocenters. The highest BCUT2D eigenvalue weighted by Gasteiger charge is 2.23. The van der Waals surface area contributed by atoms with Crippen molar-refractivity contribution in [3.8, 4) is 5.75 Å². The van der Waals surface area contributed by atoms with Gasteiger partial charge in [-0.05, 0) is 44.5 Å². The number of ether oxygens (including phenoxy) is 5. The number of carbonyl (C=O) groups excluding carboxylic acids is 3. The van der Waals surface area contributed by atoms with Crippen LogP contribution in [0.1, 0.15) is 39.2 Å². The topological polar surface area (TPSA) is 97.4 Å². The zero-order valence-corrected chi connectivity index (χ0v) is 18.8. The lowest BCUT2D eigenvalue weighted by molar-refractivity contribution is -0.159. The van der Waals surface area contributed by atoms with Gasteiger partial charge in [0.15, 0.2) is 0 Å². The summed E-state index contributed by atoms with van der Waals surface area (Å²) < 4.78 is 27.0. The largest absolute Gasteiger partial charge is 0.497 e. The molecule has 8 heteroatoms. The molecule has 2 rings (SSSR count). The average Bonchev–Trinajstić information content (AvgIpc) is 2.73. The third-order valence-electron chi connectivity index (χ3n) is 4.61. The van der Waals surface area contributed by atoms with Gasteiger partial charge in [0.25, 0.3) is 0 Å². The van der Waals surface area contributed by atoms with Crippen LogP contribution < -0.4 is 4.74 Å². The molecule has 174 valence electrons. The molecule has 0 saturated carbocycles. The van der Waals surface area contributed by atoms with Crippen LogP contribution in [-0.4, -0.2) is 49.4 Å². The SMILES string of the molecule is COc1ccc(CO[C@@H]2/C=C/C(=O)O[C@@H](C)C/C=C/C(=O)O[C@@H](C)CC(=O)O[C@H]2C)cc1. The molecular weight excluding hydrogens is 416 g/mol. The van der Waals surface area contributed by atoms with Crippen LogP contribution in [0.3, 0.4) is 0 Å². The van der Waals surface area contributed by atoms with Crippen molar-refractivity contribution in [2.24, 2.45) is 0 Å². The van der Waals surface area contributed by atoms with Crippen molar-refractivity contribution in [1.29, 1.82) is 0 Å². The van der Waals surface area contributed by atoms with Gasteiger partial charge in [-0.1, -0.05) is 18.2 Å². The second kappa shape index (κ2) is 12.7. The molecule has 1 heterocycles. The molecule has 0 saturated heterocycles. The van der Waals surface area contributed by atoms with Crippen LogP contribution in [-0.2, 0) is 39.9 Å². The predicted molar refractivity (Wildman–Crippen MR) is 116 cm³/mol. The van der Waals surface area contributed by atoms with E-state index in [9.17, 15) is 14.4 Å². The second-order valence-corrected chi connectivity index (χ2v) is 7.51. The maximum atomic E-state index is 12.3. The molecule has 0 aliphatic carbocycles. The lowest BCUT2D eigenvalue weighted by Gasteiger charge is -2.23. The predicted octanol–water partition coefficient (Wildman–Crippen LogP) is 3.28. The summed E-state index contributed by atoms with van der Waals surface area (Å²) in [6, 6.07) is 7.34. The van der Waals surface area contributed by atoms with Crippen LogP contribution in [0.5, 0.6) is 5.75 Å². The van der Waals surface area contributed by atoms with E-state index in [2.05, 4.69) is 0 Å². The van der Waals surface area contributed by atoms with E-state index in [-0.39, 0.29) is 13.0 Å². The summed E-state index contributed by atoms with van der Waals surface area (Å²) in [4.78, 5) is 36.3. The summed E-state index contributed by atoms with van der Waals surface area (Å²) >= 11 is 0. The van der Waals surface area contributed by atoms with E-state index >= 15 is 0 Å². The molecule has 0 amide bonds. The zero-order chi connectivity index (χ0) is 23.5. The van der Waals surface area contributed by atoms with Crippen molar-refractivity contribution in [1.82, 2.24) is 0 Å². The highest BCUT2D eigenvalue weighted by atomic mass is 16.6. The van der Waals surface area contributed by atoms with Crippen LogP contribution in [0.4, 0.5) is 0 Å². The van der Waals surface area contributed by atoms with Gasteiger partial charge in [-0.2, -0.15) is 0 Å². The Hall–Kier alpha value is -3.13. The van der Waals surface area contributed by atoms with Crippen LogP contribution in [0.25, 0.3) is 0 Å². The summed E-state index contributed by atoms with van der Waals surface area (Å²) in [6.45, 7) is 5.22. The van der Waals surface area contributed by atoms with Gasteiger partial charge >= 0.3 is 17.9 Å². The quantitative estimate of drug-likeness (QED) is 0.513. The van der Waals surface area contributed by atoms with E-state index < -0.39 is 42.3 Å². The van der Waals surface area contributed by atoms with Gasteiger partial charge in [0.1, 0.15) is 30.2 Å². The van der Waals surface area contributed by atoms with E-state index in [1.54, 1.807) is 34.0 Å². The van der Waals surface area contributed by atoms with Gasteiger partial charge in [0, 0.05) is 18.6 Å². The van der Waals surface area contributed by atoms with Crippen molar-refractivity contribution in [2.75, 3.05) is 7.11 Å². The number of carbonyl (C=O) groups is 3. The third kappa shape index (κ3) is 8.93. The molecule has 0 bridgehead atoms.